The first-order valence-corrected chi connectivity index (χ1v) is 7.50. The van der Waals surface area contributed by atoms with Crippen molar-refractivity contribution in [1.82, 2.24) is 4.72 Å². The van der Waals surface area contributed by atoms with E-state index in [1.54, 1.807) is 12.1 Å². The van der Waals surface area contributed by atoms with Crippen LogP contribution in [0.15, 0.2) is 59.5 Å². The summed E-state index contributed by atoms with van der Waals surface area (Å²) < 4.78 is 31.1. The zero-order valence-corrected chi connectivity index (χ0v) is 11.7. The summed E-state index contributed by atoms with van der Waals surface area (Å²) in [6.45, 7) is -0.662. The minimum absolute atomic E-state index is 0.0239. The van der Waals surface area contributed by atoms with Crippen LogP contribution in [0.3, 0.4) is 0 Å². The summed E-state index contributed by atoms with van der Waals surface area (Å²) in [5, 5.41) is 8.48. The molecule has 0 aliphatic rings. The lowest BCUT2D eigenvalue weighted by Gasteiger charge is -2.07. The molecule has 2 rings (SSSR count). The number of benzene rings is 2. The van der Waals surface area contributed by atoms with Crippen molar-refractivity contribution < 1.29 is 23.1 Å². The number of para-hydroxylation sites is 1. The van der Waals surface area contributed by atoms with Gasteiger partial charge in [-0.15, -0.1) is 0 Å². The lowest BCUT2D eigenvalue weighted by Crippen LogP contribution is -2.29. The van der Waals surface area contributed by atoms with E-state index in [2.05, 4.69) is 0 Å². The van der Waals surface area contributed by atoms with Crippen LogP contribution in [0.4, 0.5) is 0 Å². The molecule has 0 radical (unpaired) electrons. The molecule has 0 spiro atoms. The standard InChI is InChI=1S/C14H13NO5S/c16-14(17)10-15-21(18,19)13-8-6-12(7-9-13)20-11-4-2-1-3-5-11/h1-9,15H,10H2,(H,16,17). The smallest absolute Gasteiger partial charge is 0.318 e. The molecule has 0 atom stereocenters. The fourth-order valence-electron chi connectivity index (χ4n) is 1.55. The zero-order valence-electron chi connectivity index (χ0n) is 10.9. The Hall–Kier alpha value is -2.38. The van der Waals surface area contributed by atoms with Crippen molar-refractivity contribution in [3.8, 4) is 11.5 Å². The Labute approximate surface area is 122 Å². The Balaban J connectivity index is 2.10. The monoisotopic (exact) mass is 307 g/mol. The molecule has 2 N–H and O–H groups in total. The molecule has 0 fully saturated rings. The molecule has 0 aliphatic carbocycles. The number of hydrogen-bond donors (Lipinski definition) is 2. The zero-order chi connectivity index (χ0) is 15.3. The van der Waals surface area contributed by atoms with E-state index in [0.717, 1.165) is 0 Å². The second-order valence-corrected chi connectivity index (χ2v) is 5.87. The third-order valence-corrected chi connectivity index (χ3v) is 3.94. The fourth-order valence-corrected chi connectivity index (χ4v) is 2.53. The number of sulfonamides is 1. The minimum atomic E-state index is -3.83. The van der Waals surface area contributed by atoms with Gasteiger partial charge < -0.3 is 9.84 Å². The highest BCUT2D eigenvalue weighted by atomic mass is 32.2. The van der Waals surface area contributed by atoms with Gasteiger partial charge in [-0.05, 0) is 36.4 Å². The van der Waals surface area contributed by atoms with E-state index in [9.17, 15) is 13.2 Å². The summed E-state index contributed by atoms with van der Waals surface area (Å²) in [5.74, 6) is -0.127. The molecule has 0 saturated heterocycles. The van der Waals surface area contributed by atoms with Gasteiger partial charge in [0.2, 0.25) is 10.0 Å². The predicted octanol–water partition coefficient (Wildman–Crippen LogP) is 1.84. The van der Waals surface area contributed by atoms with Gasteiger partial charge in [-0.2, -0.15) is 4.72 Å². The van der Waals surface area contributed by atoms with Crippen LogP contribution in [0.5, 0.6) is 11.5 Å². The van der Waals surface area contributed by atoms with Crippen LogP contribution in [0, 0.1) is 0 Å². The molecule has 0 unspecified atom stereocenters. The van der Waals surface area contributed by atoms with Crippen LogP contribution in [0.2, 0.25) is 0 Å². The van der Waals surface area contributed by atoms with Gasteiger partial charge >= 0.3 is 5.97 Å². The number of hydrogen-bond acceptors (Lipinski definition) is 4. The van der Waals surface area contributed by atoms with E-state index in [4.69, 9.17) is 9.84 Å². The molecule has 6 nitrogen and oxygen atoms in total. The van der Waals surface area contributed by atoms with E-state index >= 15 is 0 Å². The van der Waals surface area contributed by atoms with Crippen molar-refractivity contribution in [2.45, 2.75) is 4.90 Å². The molecule has 0 amide bonds. The first-order valence-electron chi connectivity index (χ1n) is 6.02. The van der Waals surface area contributed by atoms with Crippen LogP contribution in [-0.4, -0.2) is 26.0 Å². The number of carbonyl (C=O) groups is 1. The van der Waals surface area contributed by atoms with Crippen molar-refractivity contribution in [1.29, 1.82) is 0 Å². The highest BCUT2D eigenvalue weighted by Gasteiger charge is 2.15. The SMILES string of the molecule is O=C(O)CNS(=O)(=O)c1ccc(Oc2ccccc2)cc1. The second kappa shape index (κ2) is 6.38. The molecule has 2 aromatic rings. The lowest BCUT2D eigenvalue weighted by atomic mass is 10.3. The average molecular weight is 307 g/mol. The highest BCUT2D eigenvalue weighted by Crippen LogP contribution is 2.22. The normalized spacial score (nSPS) is 11.0. The van der Waals surface area contributed by atoms with E-state index in [1.807, 2.05) is 22.9 Å². The summed E-state index contributed by atoms with van der Waals surface area (Å²) in [7, 11) is -3.83. The molecule has 0 saturated carbocycles. The molecule has 110 valence electrons. The van der Waals surface area contributed by atoms with Crippen molar-refractivity contribution in [2.75, 3.05) is 6.54 Å². The second-order valence-electron chi connectivity index (χ2n) is 4.10. The minimum Gasteiger partial charge on any atom is -0.480 e. The summed E-state index contributed by atoms with van der Waals surface area (Å²) in [5.41, 5.74) is 0. The van der Waals surface area contributed by atoms with Crippen LogP contribution >= 0.6 is 0 Å². The average Bonchev–Trinajstić information content (AvgIpc) is 2.47. The molecule has 21 heavy (non-hydrogen) atoms. The summed E-state index contributed by atoms with van der Waals surface area (Å²) in [6.07, 6.45) is 0. The number of ether oxygens (including phenoxy) is 1. The molecular weight excluding hydrogens is 294 g/mol. The number of carboxylic acids is 1. The summed E-state index contributed by atoms with van der Waals surface area (Å²) in [6, 6.07) is 14.8. The third-order valence-electron chi connectivity index (χ3n) is 2.53. The van der Waals surface area contributed by atoms with Gasteiger partial charge in [0.05, 0.1) is 4.90 Å². The maximum atomic E-state index is 11.8. The van der Waals surface area contributed by atoms with Gasteiger partial charge in [-0.25, -0.2) is 8.42 Å². The highest BCUT2D eigenvalue weighted by molar-refractivity contribution is 7.89. The van der Waals surface area contributed by atoms with Crippen molar-refractivity contribution in [3.05, 3.63) is 54.6 Å². The third kappa shape index (κ3) is 4.30. The van der Waals surface area contributed by atoms with Gasteiger partial charge in [0.1, 0.15) is 18.0 Å². The topological polar surface area (TPSA) is 92.7 Å². The van der Waals surface area contributed by atoms with Crippen LogP contribution in [-0.2, 0) is 14.8 Å². The number of carboxylic acid groups (broad SMARTS) is 1. The van der Waals surface area contributed by atoms with E-state index in [1.165, 1.54) is 24.3 Å². The van der Waals surface area contributed by atoms with Crippen LogP contribution < -0.4 is 9.46 Å². The summed E-state index contributed by atoms with van der Waals surface area (Å²) in [4.78, 5) is 10.4. The molecule has 0 aliphatic heterocycles. The van der Waals surface area contributed by atoms with Gasteiger partial charge in [-0.1, -0.05) is 18.2 Å². The molecule has 0 bridgehead atoms. The van der Waals surface area contributed by atoms with Gasteiger partial charge in [-0.3, -0.25) is 4.79 Å². The Bertz CT molecular complexity index is 711. The molecule has 7 heteroatoms. The maximum absolute atomic E-state index is 11.8. The first-order chi connectivity index (χ1) is 9.97. The molecule has 0 aromatic heterocycles. The number of rotatable bonds is 6. The maximum Gasteiger partial charge on any atom is 0.318 e. The van der Waals surface area contributed by atoms with Crippen LogP contribution in [0.1, 0.15) is 0 Å². The number of nitrogens with one attached hydrogen (secondary N) is 1. The van der Waals surface area contributed by atoms with E-state index in [0.29, 0.717) is 11.5 Å². The summed E-state index contributed by atoms with van der Waals surface area (Å²) >= 11 is 0. The Kier molecular flexibility index (Phi) is 4.56. The van der Waals surface area contributed by atoms with Crippen LogP contribution in [0.25, 0.3) is 0 Å². The lowest BCUT2D eigenvalue weighted by molar-refractivity contribution is -0.135. The Morgan fingerprint density at radius 1 is 1.00 bits per heavy atom. The van der Waals surface area contributed by atoms with Crippen molar-refractivity contribution in [3.63, 3.8) is 0 Å². The number of aliphatic carboxylic acids is 1. The van der Waals surface area contributed by atoms with Crippen molar-refractivity contribution in [2.24, 2.45) is 0 Å². The predicted molar refractivity (Wildman–Crippen MR) is 75.8 cm³/mol. The quantitative estimate of drug-likeness (QED) is 0.849. The Morgan fingerprint density at radius 2 is 1.57 bits per heavy atom. The van der Waals surface area contributed by atoms with E-state index in [-0.39, 0.29) is 4.90 Å². The first kappa shape index (κ1) is 15.0. The van der Waals surface area contributed by atoms with Gasteiger partial charge in [0.15, 0.2) is 0 Å². The fraction of sp³-hybridized carbons (Fsp3) is 0.0714. The molecular formula is C14H13NO5S. The van der Waals surface area contributed by atoms with E-state index < -0.39 is 22.5 Å². The van der Waals surface area contributed by atoms with Gasteiger partial charge in [0.25, 0.3) is 0 Å². The largest absolute Gasteiger partial charge is 0.480 e. The molecule has 2 aromatic carbocycles. The van der Waals surface area contributed by atoms with Gasteiger partial charge in [0, 0.05) is 0 Å². The Morgan fingerprint density at radius 3 is 2.14 bits per heavy atom. The molecule has 0 heterocycles. The van der Waals surface area contributed by atoms with Crippen molar-refractivity contribution >= 4 is 16.0 Å².